The Balaban J connectivity index is 0. The van der Waals surface area contributed by atoms with E-state index in [0.717, 1.165) is 0 Å². The highest BCUT2D eigenvalue weighted by Gasteiger charge is 2.30. The highest BCUT2D eigenvalue weighted by molar-refractivity contribution is 5.79. The van der Waals surface area contributed by atoms with Crippen LogP contribution in [-0.2, 0) is 19.2 Å². The molecule has 0 spiro atoms. The fourth-order valence-electron chi connectivity index (χ4n) is 1.48. The van der Waals surface area contributed by atoms with Gasteiger partial charge in [0, 0.05) is 0 Å². The van der Waals surface area contributed by atoms with E-state index in [1.807, 2.05) is 0 Å². The predicted molar refractivity (Wildman–Crippen MR) is 67.3 cm³/mol. The van der Waals surface area contributed by atoms with Crippen LogP contribution >= 0.6 is 0 Å². The smallest absolute Gasteiger partial charge is 0.307 e. The molecular weight excluding hydrogens is 272 g/mol. The van der Waals surface area contributed by atoms with Gasteiger partial charge in [0.05, 0.1) is 24.7 Å². The zero-order valence-electron chi connectivity index (χ0n) is 11.4. The minimum Gasteiger partial charge on any atom is -0.481 e. The van der Waals surface area contributed by atoms with Crippen molar-refractivity contribution in [3.63, 3.8) is 0 Å². The predicted octanol–water partition coefficient (Wildman–Crippen LogP) is 1.14. The monoisotopic (exact) mass is 292 g/mol. The number of hydrogen-bond donors (Lipinski definition) is 4. The maximum atomic E-state index is 10.6. The summed E-state index contributed by atoms with van der Waals surface area (Å²) in [5, 5.41) is 33.1. The van der Waals surface area contributed by atoms with Crippen LogP contribution in [-0.4, -0.2) is 44.3 Å². The molecule has 2 unspecified atom stereocenters. The van der Waals surface area contributed by atoms with Crippen molar-refractivity contribution in [2.24, 2.45) is 11.8 Å². The second-order valence-electron chi connectivity index (χ2n) is 3.99. The quantitative estimate of drug-likeness (QED) is 0.520. The van der Waals surface area contributed by atoms with E-state index in [2.05, 4.69) is 0 Å². The molecule has 0 rings (SSSR count). The Morgan fingerprint density at radius 3 is 1.05 bits per heavy atom. The number of carbonyl (C=O) groups is 4. The molecule has 0 aliphatic rings. The van der Waals surface area contributed by atoms with Crippen molar-refractivity contribution < 1.29 is 39.6 Å². The van der Waals surface area contributed by atoms with Crippen LogP contribution < -0.4 is 0 Å². The second-order valence-corrected chi connectivity index (χ2v) is 3.99. The van der Waals surface area contributed by atoms with Gasteiger partial charge in [0.15, 0.2) is 0 Å². The Hall–Kier alpha value is -2.12. The first-order valence-electron chi connectivity index (χ1n) is 6.06. The van der Waals surface area contributed by atoms with Gasteiger partial charge in [-0.2, -0.15) is 0 Å². The van der Waals surface area contributed by atoms with E-state index >= 15 is 0 Å². The SMILES string of the molecule is CCC(C(=O)O)C(CC)C(=O)O.O=C(O)CCC(=O)O. The molecule has 0 aliphatic heterocycles. The topological polar surface area (TPSA) is 149 Å². The molecule has 0 aromatic rings. The fourth-order valence-corrected chi connectivity index (χ4v) is 1.48. The summed E-state index contributed by atoms with van der Waals surface area (Å²) in [6, 6.07) is 0. The molecule has 0 radical (unpaired) electrons. The van der Waals surface area contributed by atoms with Crippen LogP contribution in [0.3, 0.4) is 0 Å². The van der Waals surface area contributed by atoms with Crippen LogP contribution in [0.15, 0.2) is 0 Å². The number of aliphatic carboxylic acids is 4. The largest absolute Gasteiger partial charge is 0.481 e. The molecule has 0 aromatic heterocycles. The first-order valence-corrected chi connectivity index (χ1v) is 6.06. The number of hydrogen-bond acceptors (Lipinski definition) is 4. The molecule has 0 fully saturated rings. The summed E-state index contributed by atoms with van der Waals surface area (Å²) in [6.07, 6.45) is 0.130. The van der Waals surface area contributed by atoms with Gasteiger partial charge >= 0.3 is 23.9 Å². The average molecular weight is 292 g/mol. The van der Waals surface area contributed by atoms with E-state index < -0.39 is 35.7 Å². The molecule has 0 saturated heterocycles. The van der Waals surface area contributed by atoms with E-state index in [-0.39, 0.29) is 12.8 Å². The van der Waals surface area contributed by atoms with E-state index in [1.165, 1.54) is 0 Å². The van der Waals surface area contributed by atoms with Gasteiger partial charge in [-0.15, -0.1) is 0 Å². The molecule has 0 aliphatic carbocycles. The summed E-state index contributed by atoms with van der Waals surface area (Å²) in [7, 11) is 0. The first kappa shape index (κ1) is 20.2. The highest BCUT2D eigenvalue weighted by atomic mass is 16.4. The molecule has 0 heterocycles. The molecule has 0 aromatic carbocycles. The Kier molecular flexibility index (Phi) is 10.9. The fraction of sp³-hybridized carbons (Fsp3) is 0.667. The zero-order chi connectivity index (χ0) is 16.3. The Labute approximate surface area is 116 Å². The highest BCUT2D eigenvalue weighted by Crippen LogP contribution is 2.19. The van der Waals surface area contributed by atoms with Crippen LogP contribution in [0.1, 0.15) is 39.5 Å². The maximum absolute atomic E-state index is 10.6. The van der Waals surface area contributed by atoms with Crippen LogP contribution in [0.25, 0.3) is 0 Å². The van der Waals surface area contributed by atoms with Crippen molar-refractivity contribution in [2.45, 2.75) is 39.5 Å². The third kappa shape index (κ3) is 9.86. The van der Waals surface area contributed by atoms with Gasteiger partial charge in [-0.1, -0.05) is 13.8 Å². The zero-order valence-corrected chi connectivity index (χ0v) is 11.4. The summed E-state index contributed by atoms with van der Waals surface area (Å²) < 4.78 is 0. The second kappa shape index (κ2) is 10.8. The third-order valence-corrected chi connectivity index (χ3v) is 2.55. The number of carboxylic acid groups (broad SMARTS) is 4. The standard InChI is InChI=1S/C8H14O4.C4H6O4/c1-3-5(7(9)10)6(4-2)8(11)12;5-3(6)1-2-4(7)8/h5-6H,3-4H2,1-2H3,(H,9,10)(H,11,12);1-2H2,(H,5,6)(H,7,8). The minimum atomic E-state index is -1.08. The molecular formula is C12H20O8. The van der Waals surface area contributed by atoms with Gasteiger partial charge in [0.2, 0.25) is 0 Å². The third-order valence-electron chi connectivity index (χ3n) is 2.55. The van der Waals surface area contributed by atoms with Gasteiger partial charge in [-0.05, 0) is 12.8 Å². The van der Waals surface area contributed by atoms with Gasteiger partial charge in [-0.3, -0.25) is 19.2 Å². The summed E-state index contributed by atoms with van der Waals surface area (Å²) in [4.78, 5) is 40.4. The lowest BCUT2D eigenvalue weighted by molar-refractivity contribution is -0.154. The van der Waals surface area contributed by atoms with E-state index in [1.54, 1.807) is 13.8 Å². The molecule has 4 N–H and O–H groups in total. The van der Waals surface area contributed by atoms with Crippen LogP contribution in [0.4, 0.5) is 0 Å². The van der Waals surface area contributed by atoms with Crippen molar-refractivity contribution >= 4 is 23.9 Å². The molecule has 20 heavy (non-hydrogen) atoms. The van der Waals surface area contributed by atoms with Crippen molar-refractivity contribution in [1.29, 1.82) is 0 Å². The van der Waals surface area contributed by atoms with Crippen molar-refractivity contribution in [2.75, 3.05) is 0 Å². The summed E-state index contributed by atoms with van der Waals surface area (Å²) in [6.45, 7) is 3.37. The van der Waals surface area contributed by atoms with Crippen LogP contribution in [0, 0.1) is 11.8 Å². The molecule has 0 saturated carbocycles. The van der Waals surface area contributed by atoms with Gasteiger partial charge in [0.1, 0.15) is 0 Å². The van der Waals surface area contributed by atoms with E-state index in [0.29, 0.717) is 12.8 Å². The number of carboxylic acids is 4. The van der Waals surface area contributed by atoms with Crippen molar-refractivity contribution in [3.8, 4) is 0 Å². The summed E-state index contributed by atoms with van der Waals surface area (Å²) in [5.41, 5.74) is 0. The lowest BCUT2D eigenvalue weighted by Gasteiger charge is -2.16. The molecule has 116 valence electrons. The van der Waals surface area contributed by atoms with E-state index in [9.17, 15) is 19.2 Å². The van der Waals surface area contributed by atoms with Crippen LogP contribution in [0.2, 0.25) is 0 Å². The molecule has 0 amide bonds. The average Bonchev–Trinajstić information content (AvgIpc) is 2.32. The van der Waals surface area contributed by atoms with Crippen molar-refractivity contribution in [1.82, 2.24) is 0 Å². The minimum absolute atomic E-state index is 0.296. The Bertz CT molecular complexity index is 315. The summed E-state index contributed by atoms with van der Waals surface area (Å²) in [5.74, 6) is -5.71. The lowest BCUT2D eigenvalue weighted by Crippen LogP contribution is -2.28. The Morgan fingerprint density at radius 2 is 0.950 bits per heavy atom. The number of rotatable bonds is 8. The maximum Gasteiger partial charge on any atom is 0.307 e. The molecule has 8 heteroatoms. The Morgan fingerprint density at radius 1 is 0.700 bits per heavy atom. The first-order chi connectivity index (χ1) is 9.17. The molecule has 2 atom stereocenters. The molecule has 8 nitrogen and oxygen atoms in total. The van der Waals surface area contributed by atoms with Gasteiger partial charge in [-0.25, -0.2) is 0 Å². The summed E-state index contributed by atoms with van der Waals surface area (Å²) >= 11 is 0. The van der Waals surface area contributed by atoms with Crippen molar-refractivity contribution in [3.05, 3.63) is 0 Å². The van der Waals surface area contributed by atoms with Crippen LogP contribution in [0.5, 0.6) is 0 Å². The van der Waals surface area contributed by atoms with Gasteiger partial charge in [0.25, 0.3) is 0 Å². The lowest BCUT2D eigenvalue weighted by atomic mass is 9.88. The normalized spacial score (nSPS) is 12.5. The van der Waals surface area contributed by atoms with Gasteiger partial charge < -0.3 is 20.4 Å². The van der Waals surface area contributed by atoms with E-state index in [4.69, 9.17) is 20.4 Å². The molecule has 0 bridgehead atoms.